The molecule has 3 rings (SSSR count). The lowest BCUT2D eigenvalue weighted by atomic mass is 9.84. The van der Waals surface area contributed by atoms with Crippen molar-refractivity contribution in [1.82, 2.24) is 0 Å². The maximum Gasteiger partial charge on any atom is 0.137 e. The molecule has 0 radical (unpaired) electrons. The van der Waals surface area contributed by atoms with Crippen LogP contribution in [0.2, 0.25) is 0 Å². The predicted molar refractivity (Wildman–Crippen MR) is 61.1 cm³/mol. The van der Waals surface area contributed by atoms with Gasteiger partial charge in [-0.05, 0) is 30.9 Å². The summed E-state index contributed by atoms with van der Waals surface area (Å²) in [5.74, 6) is 2.76. The fourth-order valence-corrected chi connectivity index (χ4v) is 3.55. The second-order valence-electron chi connectivity index (χ2n) is 5.20. The number of ketones is 1. The van der Waals surface area contributed by atoms with Gasteiger partial charge in [0.25, 0.3) is 0 Å². The molecule has 0 saturated heterocycles. The minimum absolute atomic E-state index is 0.331. The van der Waals surface area contributed by atoms with Crippen LogP contribution in [0.3, 0.4) is 0 Å². The van der Waals surface area contributed by atoms with Crippen LogP contribution in [0.5, 0.6) is 0 Å². The first kappa shape index (κ1) is 10.1. The van der Waals surface area contributed by atoms with Crippen LogP contribution in [-0.2, 0) is 4.79 Å². The summed E-state index contributed by atoms with van der Waals surface area (Å²) in [6, 6.07) is 3.97. The number of hydrogen-bond acceptors (Lipinski definition) is 2. The highest BCUT2D eigenvalue weighted by Crippen LogP contribution is 2.47. The van der Waals surface area contributed by atoms with Crippen LogP contribution in [0.15, 0.2) is 22.8 Å². The molecule has 2 nitrogen and oxygen atoms in total. The Morgan fingerprint density at radius 1 is 1.12 bits per heavy atom. The molecule has 2 aliphatic carbocycles. The van der Waals surface area contributed by atoms with Gasteiger partial charge in [-0.25, -0.2) is 0 Å². The molecular formula is C14H18O2. The molecule has 2 aliphatic rings. The molecule has 0 amide bonds. The maximum absolute atomic E-state index is 12.0. The number of rotatable bonds is 1. The standard InChI is InChI=1S/C14H18O2/c15-13-9-12(14-7-4-8-16-14)10-5-2-1-3-6-11(10)13/h4,7-8,10-12H,1-3,5-6,9H2/t10?,11?,12-/m0/s1. The van der Waals surface area contributed by atoms with E-state index in [1.165, 1.54) is 25.7 Å². The molecule has 0 N–H and O–H groups in total. The maximum atomic E-state index is 12.0. The van der Waals surface area contributed by atoms with E-state index in [1.54, 1.807) is 6.26 Å². The van der Waals surface area contributed by atoms with Crippen molar-refractivity contribution in [2.24, 2.45) is 11.8 Å². The first-order chi connectivity index (χ1) is 7.86. The van der Waals surface area contributed by atoms with E-state index in [2.05, 4.69) is 0 Å². The number of hydrogen-bond donors (Lipinski definition) is 0. The lowest BCUT2D eigenvalue weighted by Crippen LogP contribution is -2.15. The highest BCUT2D eigenvalue weighted by molar-refractivity contribution is 5.84. The minimum atomic E-state index is 0.331. The average molecular weight is 218 g/mol. The monoisotopic (exact) mass is 218 g/mol. The van der Waals surface area contributed by atoms with Gasteiger partial charge in [-0.15, -0.1) is 0 Å². The van der Waals surface area contributed by atoms with Gasteiger partial charge in [0, 0.05) is 18.3 Å². The Morgan fingerprint density at radius 3 is 2.81 bits per heavy atom. The topological polar surface area (TPSA) is 30.2 Å². The Labute approximate surface area is 96.0 Å². The second-order valence-corrected chi connectivity index (χ2v) is 5.20. The van der Waals surface area contributed by atoms with Crippen LogP contribution in [0, 0.1) is 11.8 Å². The molecule has 0 bridgehead atoms. The molecule has 86 valence electrons. The summed E-state index contributed by atoms with van der Waals surface area (Å²) in [6.45, 7) is 0. The Balaban J connectivity index is 1.88. The van der Waals surface area contributed by atoms with E-state index in [-0.39, 0.29) is 0 Å². The van der Waals surface area contributed by atoms with Crippen molar-refractivity contribution in [3.8, 4) is 0 Å². The van der Waals surface area contributed by atoms with E-state index in [1.807, 2.05) is 12.1 Å². The Bertz CT molecular complexity index is 366. The molecule has 1 aromatic rings. The highest BCUT2D eigenvalue weighted by atomic mass is 16.3. The smallest absolute Gasteiger partial charge is 0.137 e. The van der Waals surface area contributed by atoms with Crippen molar-refractivity contribution >= 4 is 5.78 Å². The van der Waals surface area contributed by atoms with Gasteiger partial charge in [0.1, 0.15) is 11.5 Å². The van der Waals surface area contributed by atoms with E-state index < -0.39 is 0 Å². The molecule has 1 aromatic heterocycles. The third-order valence-corrected chi connectivity index (χ3v) is 4.33. The lowest BCUT2D eigenvalue weighted by molar-refractivity contribution is -0.121. The van der Waals surface area contributed by atoms with Crippen molar-refractivity contribution in [1.29, 1.82) is 0 Å². The van der Waals surface area contributed by atoms with E-state index >= 15 is 0 Å². The molecule has 0 aliphatic heterocycles. The summed E-state index contributed by atoms with van der Waals surface area (Å²) in [5.41, 5.74) is 0. The van der Waals surface area contributed by atoms with Gasteiger partial charge >= 0.3 is 0 Å². The number of carbonyl (C=O) groups excluding carboxylic acids is 1. The first-order valence-electron chi connectivity index (χ1n) is 6.42. The molecule has 2 unspecified atom stereocenters. The first-order valence-corrected chi connectivity index (χ1v) is 6.42. The molecule has 2 fully saturated rings. The zero-order chi connectivity index (χ0) is 11.0. The Kier molecular flexibility index (Phi) is 2.58. The molecule has 0 spiro atoms. The average Bonchev–Trinajstić information content (AvgIpc) is 2.82. The number of fused-ring (bicyclic) bond motifs is 1. The van der Waals surface area contributed by atoms with Crippen molar-refractivity contribution in [3.05, 3.63) is 24.2 Å². The van der Waals surface area contributed by atoms with Crippen LogP contribution in [0.4, 0.5) is 0 Å². The molecular weight excluding hydrogens is 200 g/mol. The predicted octanol–water partition coefficient (Wildman–Crippen LogP) is 3.53. The van der Waals surface area contributed by atoms with Crippen LogP contribution in [0.25, 0.3) is 0 Å². The van der Waals surface area contributed by atoms with Gasteiger partial charge in [-0.2, -0.15) is 0 Å². The SMILES string of the molecule is O=C1C[C@H](c2ccco2)C2CCCCCC12. The van der Waals surface area contributed by atoms with Gasteiger partial charge in [-0.1, -0.05) is 19.3 Å². The molecule has 2 saturated carbocycles. The van der Waals surface area contributed by atoms with Crippen LogP contribution < -0.4 is 0 Å². The summed E-state index contributed by atoms with van der Waals surface area (Å²) in [5, 5.41) is 0. The minimum Gasteiger partial charge on any atom is -0.469 e. The largest absolute Gasteiger partial charge is 0.469 e. The van der Waals surface area contributed by atoms with Gasteiger partial charge in [0.15, 0.2) is 0 Å². The number of carbonyl (C=O) groups is 1. The quantitative estimate of drug-likeness (QED) is 0.721. The second kappa shape index (κ2) is 4.08. The summed E-state index contributed by atoms with van der Waals surface area (Å²) in [7, 11) is 0. The lowest BCUT2D eigenvalue weighted by Gasteiger charge is -2.19. The van der Waals surface area contributed by atoms with Gasteiger partial charge in [0.05, 0.1) is 6.26 Å². The molecule has 1 heterocycles. The van der Waals surface area contributed by atoms with E-state index in [0.717, 1.165) is 12.2 Å². The van der Waals surface area contributed by atoms with Crippen molar-refractivity contribution < 1.29 is 9.21 Å². The summed E-state index contributed by atoms with van der Waals surface area (Å²) in [6.07, 6.45) is 8.57. The van der Waals surface area contributed by atoms with Crippen molar-refractivity contribution in [2.45, 2.75) is 44.4 Å². The summed E-state index contributed by atoms with van der Waals surface area (Å²) >= 11 is 0. The zero-order valence-corrected chi connectivity index (χ0v) is 9.52. The van der Waals surface area contributed by atoms with Crippen LogP contribution >= 0.6 is 0 Å². The highest BCUT2D eigenvalue weighted by Gasteiger charge is 2.43. The normalized spacial score (nSPS) is 34.8. The van der Waals surface area contributed by atoms with Gasteiger partial charge in [-0.3, -0.25) is 4.79 Å². The zero-order valence-electron chi connectivity index (χ0n) is 9.52. The van der Waals surface area contributed by atoms with E-state index in [9.17, 15) is 4.79 Å². The third kappa shape index (κ3) is 1.60. The fraction of sp³-hybridized carbons (Fsp3) is 0.643. The van der Waals surface area contributed by atoms with E-state index in [4.69, 9.17) is 4.42 Å². The Hall–Kier alpha value is -1.05. The van der Waals surface area contributed by atoms with Crippen molar-refractivity contribution in [2.75, 3.05) is 0 Å². The van der Waals surface area contributed by atoms with E-state index in [0.29, 0.717) is 30.0 Å². The van der Waals surface area contributed by atoms with Gasteiger partial charge < -0.3 is 4.42 Å². The van der Waals surface area contributed by atoms with Crippen LogP contribution in [-0.4, -0.2) is 5.78 Å². The Morgan fingerprint density at radius 2 is 2.00 bits per heavy atom. The third-order valence-electron chi connectivity index (χ3n) is 4.33. The van der Waals surface area contributed by atoms with Gasteiger partial charge in [0.2, 0.25) is 0 Å². The number of furan rings is 1. The molecule has 16 heavy (non-hydrogen) atoms. The molecule has 2 heteroatoms. The fourth-order valence-electron chi connectivity index (χ4n) is 3.55. The summed E-state index contributed by atoms with van der Waals surface area (Å²) < 4.78 is 5.50. The van der Waals surface area contributed by atoms with Crippen molar-refractivity contribution in [3.63, 3.8) is 0 Å². The molecule has 3 atom stereocenters. The summed E-state index contributed by atoms with van der Waals surface area (Å²) in [4.78, 5) is 12.0. The number of Topliss-reactive ketones (excluding diaryl/α,β-unsaturated/α-hetero) is 1. The molecule has 0 aromatic carbocycles. The van der Waals surface area contributed by atoms with Crippen LogP contribution in [0.1, 0.15) is 50.2 Å².